The number of phenols is 1. The van der Waals surface area contributed by atoms with Crippen molar-refractivity contribution < 1.29 is 65.3 Å². The highest BCUT2D eigenvalue weighted by Crippen LogP contribution is 2.39. The van der Waals surface area contributed by atoms with E-state index in [9.17, 15) is 55.4 Å². The van der Waals surface area contributed by atoms with E-state index in [1.165, 1.54) is 6.42 Å². The molecule has 4 rings (SSSR count). The number of rotatable bonds is 15. The van der Waals surface area contributed by atoms with E-state index in [1.807, 2.05) is 18.2 Å². The predicted octanol–water partition coefficient (Wildman–Crippen LogP) is 4.19. The van der Waals surface area contributed by atoms with E-state index in [1.54, 1.807) is 18.2 Å². The average Bonchev–Trinajstić information content (AvgIpc) is 3.10. The molecule has 18 heteroatoms. The highest BCUT2D eigenvalue weighted by atomic mass is 19.4. The van der Waals surface area contributed by atoms with Gasteiger partial charge in [0, 0.05) is 32.1 Å². The monoisotopic (exact) mass is 746 g/mol. The zero-order valence-corrected chi connectivity index (χ0v) is 28.0. The minimum atomic E-state index is -5.77. The number of hydrogen-bond acceptors (Lipinski definition) is 9. The number of phenolic OH excluding ortho intramolecular Hbond substituents is 1. The number of hydrogen-bond donors (Lipinski definition) is 5. The number of alkyl halides is 6. The number of nitrogens with zero attached hydrogens (tertiary/aromatic N) is 1. The van der Waals surface area contributed by atoms with Crippen molar-refractivity contribution in [2.24, 2.45) is 0 Å². The maximum absolute atomic E-state index is 13.2. The zero-order valence-electron chi connectivity index (χ0n) is 28.0. The van der Waals surface area contributed by atoms with Crippen molar-refractivity contribution in [3.8, 4) is 11.5 Å². The van der Waals surface area contributed by atoms with Crippen LogP contribution in [0.15, 0.2) is 36.4 Å². The molecule has 1 fully saturated rings. The number of benzene rings is 2. The first-order chi connectivity index (χ1) is 24.5. The van der Waals surface area contributed by atoms with Crippen molar-refractivity contribution >= 4 is 35.0 Å². The van der Waals surface area contributed by atoms with Crippen LogP contribution in [-0.2, 0) is 32.0 Å². The zero-order chi connectivity index (χ0) is 38.5. The van der Waals surface area contributed by atoms with E-state index in [0.717, 1.165) is 49.8 Å². The average molecular weight is 747 g/mol. The number of carbonyl (C=O) groups excluding carboxylic acids is 4. The summed E-state index contributed by atoms with van der Waals surface area (Å²) < 4.78 is 72.5. The highest BCUT2D eigenvalue weighted by molar-refractivity contribution is 6.41. The lowest BCUT2D eigenvalue weighted by Crippen LogP contribution is -2.45. The van der Waals surface area contributed by atoms with Gasteiger partial charge in [-0.25, -0.2) is 4.79 Å². The molecule has 0 saturated heterocycles. The highest BCUT2D eigenvalue weighted by Gasteiger charge is 2.54. The molecule has 1 heterocycles. The number of fused-ring (bicyclic) bond motifs is 1. The van der Waals surface area contributed by atoms with Crippen LogP contribution in [0, 0.1) is 0 Å². The van der Waals surface area contributed by atoms with E-state index in [4.69, 9.17) is 9.84 Å². The van der Waals surface area contributed by atoms with Gasteiger partial charge in [-0.2, -0.15) is 26.3 Å². The summed E-state index contributed by atoms with van der Waals surface area (Å²) in [5.74, 6) is -7.35. The van der Waals surface area contributed by atoms with Gasteiger partial charge < -0.3 is 35.8 Å². The molecule has 0 unspecified atom stereocenters. The molecule has 2 aromatic carbocycles. The van der Waals surface area contributed by atoms with Gasteiger partial charge in [0.15, 0.2) is 12.4 Å². The molecule has 2 aliphatic rings. The van der Waals surface area contributed by atoms with Gasteiger partial charge in [0.2, 0.25) is 5.91 Å². The summed E-state index contributed by atoms with van der Waals surface area (Å²) in [5, 5.41) is 28.5. The van der Waals surface area contributed by atoms with Crippen LogP contribution in [0.1, 0.15) is 60.0 Å². The number of halogens is 6. The molecule has 1 saturated carbocycles. The normalized spacial score (nSPS) is 14.6. The Hall–Kier alpha value is -4.71. The number of carboxylic acid groups (broad SMARTS) is 1. The summed E-state index contributed by atoms with van der Waals surface area (Å²) in [6.07, 6.45) is -4.03. The van der Waals surface area contributed by atoms with Crippen LogP contribution in [0.5, 0.6) is 11.5 Å². The molecule has 1 aliphatic heterocycles. The van der Waals surface area contributed by atoms with Gasteiger partial charge in [0.1, 0.15) is 11.4 Å². The SMILES string of the molecule is O=C(C(=O)C(F)(F)F)C(F)(F)F.O=C1COc2c(CCNCCN(C(=O)CCNCCc3ccc(C(=O)O)cc3)C3CCCCC3)ccc(O)c2N1. The van der Waals surface area contributed by atoms with Crippen molar-refractivity contribution in [2.75, 3.05) is 44.6 Å². The van der Waals surface area contributed by atoms with Gasteiger partial charge in [0.25, 0.3) is 5.91 Å². The van der Waals surface area contributed by atoms with Crippen LogP contribution >= 0.6 is 0 Å². The maximum Gasteiger partial charge on any atom is 0.458 e. The molecule has 5 N–H and O–H groups in total. The van der Waals surface area contributed by atoms with Gasteiger partial charge in [-0.15, -0.1) is 0 Å². The summed E-state index contributed by atoms with van der Waals surface area (Å²) in [7, 11) is 0. The van der Waals surface area contributed by atoms with E-state index in [0.29, 0.717) is 50.5 Å². The molecule has 0 aromatic heterocycles. The molecule has 2 amide bonds. The van der Waals surface area contributed by atoms with E-state index >= 15 is 0 Å². The molecule has 0 radical (unpaired) electrons. The van der Waals surface area contributed by atoms with Crippen LogP contribution < -0.4 is 20.7 Å². The van der Waals surface area contributed by atoms with E-state index in [-0.39, 0.29) is 35.8 Å². The van der Waals surface area contributed by atoms with Crippen molar-refractivity contribution in [2.45, 2.75) is 69.8 Å². The number of carboxylic acids is 1. The number of ketones is 2. The lowest BCUT2D eigenvalue weighted by atomic mass is 9.94. The predicted molar refractivity (Wildman–Crippen MR) is 174 cm³/mol. The van der Waals surface area contributed by atoms with Crippen molar-refractivity contribution in [1.82, 2.24) is 15.5 Å². The third-order valence-electron chi connectivity index (χ3n) is 8.29. The quantitative estimate of drug-likeness (QED) is 0.0770. The third kappa shape index (κ3) is 12.8. The molecule has 1 aliphatic carbocycles. The minimum absolute atomic E-state index is 0.00900. The smallest absolute Gasteiger partial charge is 0.458 e. The second-order valence-electron chi connectivity index (χ2n) is 12.1. The molecule has 12 nitrogen and oxygen atoms in total. The van der Waals surface area contributed by atoms with Gasteiger partial charge >= 0.3 is 29.9 Å². The lowest BCUT2D eigenvalue weighted by molar-refractivity contribution is -0.193. The first-order valence-electron chi connectivity index (χ1n) is 16.5. The summed E-state index contributed by atoms with van der Waals surface area (Å²) in [4.78, 5) is 57.1. The topological polar surface area (TPSA) is 174 Å². The maximum atomic E-state index is 13.2. The van der Waals surface area contributed by atoms with Gasteiger partial charge in [-0.1, -0.05) is 37.5 Å². The van der Waals surface area contributed by atoms with E-state index < -0.39 is 29.9 Å². The number of ether oxygens (including phenoxy) is 1. The standard InChI is InChI=1S/C30H40N4O6.C4F6O2/c35-25-11-10-22(29-28(25)33-26(36)20-40-29)13-16-32-18-19-34(24-4-2-1-3-5-24)27(37)14-17-31-15-12-21-6-8-23(9-7-21)30(38)39;5-3(6,7)1(11)2(12)4(8,9)10/h6-11,24,31-32,35H,1-5,12-20H2,(H,33,36)(H,38,39);. The summed E-state index contributed by atoms with van der Waals surface area (Å²) in [6, 6.07) is 10.5. The van der Waals surface area contributed by atoms with Crippen molar-refractivity contribution in [3.05, 3.63) is 53.1 Å². The molecule has 2 aromatic rings. The minimum Gasteiger partial charge on any atom is -0.506 e. The fraction of sp³-hybridized carbons (Fsp3) is 0.500. The summed E-state index contributed by atoms with van der Waals surface area (Å²) in [5.41, 5.74) is 2.57. The van der Waals surface area contributed by atoms with Crippen LogP contribution in [0.3, 0.4) is 0 Å². The van der Waals surface area contributed by atoms with Crippen LogP contribution in [0.25, 0.3) is 0 Å². The summed E-state index contributed by atoms with van der Waals surface area (Å²) in [6.45, 7) is 3.27. The Kier molecular flexibility index (Phi) is 15.4. The first kappa shape index (κ1) is 41.7. The largest absolute Gasteiger partial charge is 0.506 e. The first-order valence-corrected chi connectivity index (χ1v) is 16.5. The Morgan fingerprint density at radius 2 is 1.42 bits per heavy atom. The Bertz CT molecular complexity index is 1540. The summed E-state index contributed by atoms with van der Waals surface area (Å²) >= 11 is 0. The van der Waals surface area contributed by atoms with E-state index in [2.05, 4.69) is 20.9 Å². The number of aromatic carboxylic acids is 1. The second kappa shape index (κ2) is 19.2. The molecular weight excluding hydrogens is 706 g/mol. The number of aromatic hydroxyl groups is 1. The number of anilines is 1. The fourth-order valence-electron chi connectivity index (χ4n) is 5.63. The number of Topliss-reactive ketones (excluding diaryl/α,β-unsaturated/α-hetero) is 2. The molecule has 0 bridgehead atoms. The number of amides is 2. The molecule has 0 spiro atoms. The molecule has 286 valence electrons. The van der Waals surface area contributed by atoms with Gasteiger partial charge in [0.05, 0.1) is 5.56 Å². The lowest BCUT2D eigenvalue weighted by Gasteiger charge is -2.34. The molecule has 0 atom stereocenters. The van der Waals surface area contributed by atoms with Crippen molar-refractivity contribution in [3.63, 3.8) is 0 Å². The number of nitrogens with one attached hydrogen (secondary N) is 3. The molecular formula is C34H40F6N4O8. The number of carbonyl (C=O) groups is 5. The fourth-order valence-corrected chi connectivity index (χ4v) is 5.63. The second-order valence-corrected chi connectivity index (χ2v) is 12.1. The van der Waals surface area contributed by atoms with Crippen LogP contribution in [0.2, 0.25) is 0 Å². The molecule has 52 heavy (non-hydrogen) atoms. The van der Waals surface area contributed by atoms with Crippen LogP contribution in [-0.4, -0.2) is 102 Å². The van der Waals surface area contributed by atoms with Gasteiger partial charge in [-0.3, -0.25) is 19.2 Å². The van der Waals surface area contributed by atoms with Crippen molar-refractivity contribution in [1.29, 1.82) is 0 Å². The van der Waals surface area contributed by atoms with Gasteiger partial charge in [-0.05, 0) is 68.1 Å². The Morgan fingerprint density at radius 3 is 2.02 bits per heavy atom. The third-order valence-corrected chi connectivity index (χ3v) is 8.29. The Balaban J connectivity index is 0.000000521. The Morgan fingerprint density at radius 1 is 0.827 bits per heavy atom. The van der Waals surface area contributed by atoms with Crippen LogP contribution in [0.4, 0.5) is 32.0 Å². The Labute approximate surface area is 294 Å².